The van der Waals surface area contributed by atoms with Gasteiger partial charge in [-0.25, -0.2) is 4.98 Å². The zero-order chi connectivity index (χ0) is 12.9. The van der Waals surface area contributed by atoms with Crippen LogP contribution in [0.2, 0.25) is 0 Å². The molecule has 1 heterocycles. The third-order valence-corrected chi connectivity index (χ3v) is 3.53. The number of hydrogen-bond acceptors (Lipinski definition) is 4. The smallest absolute Gasteiger partial charge is 0.256 e. The van der Waals surface area contributed by atoms with E-state index in [1.165, 1.54) is 0 Å². The van der Waals surface area contributed by atoms with E-state index in [1.54, 1.807) is 11.8 Å². The predicted octanol–water partition coefficient (Wildman–Crippen LogP) is 4.03. The first-order valence-corrected chi connectivity index (χ1v) is 7.18. The lowest BCUT2D eigenvalue weighted by atomic mass is 10.3. The summed E-state index contributed by atoms with van der Waals surface area (Å²) in [7, 11) is 0. The molecule has 0 saturated carbocycles. The lowest BCUT2D eigenvalue weighted by Crippen LogP contribution is -2.03. The van der Waals surface area contributed by atoms with Gasteiger partial charge in [-0.05, 0) is 24.3 Å². The molecule has 0 aliphatic carbocycles. The van der Waals surface area contributed by atoms with Gasteiger partial charge in [-0.3, -0.25) is 0 Å². The third-order valence-electron chi connectivity index (χ3n) is 2.70. The second-order valence-corrected chi connectivity index (χ2v) is 5.13. The predicted molar refractivity (Wildman–Crippen MR) is 79.7 cm³/mol. The molecule has 3 nitrogen and oxygen atoms in total. The van der Waals surface area contributed by atoms with Crippen molar-refractivity contribution < 1.29 is 4.42 Å². The fourth-order valence-electron chi connectivity index (χ4n) is 1.80. The van der Waals surface area contributed by atoms with Crippen LogP contribution in [0.15, 0.2) is 64.2 Å². The van der Waals surface area contributed by atoms with Crippen LogP contribution in [0.1, 0.15) is 0 Å². The maximum atomic E-state index is 5.64. The number of benzene rings is 2. The molecule has 4 heteroatoms. The van der Waals surface area contributed by atoms with Crippen LogP contribution < -0.4 is 5.32 Å². The molecule has 3 rings (SSSR count). The molecule has 0 radical (unpaired) electrons. The summed E-state index contributed by atoms with van der Waals surface area (Å²) < 4.78 is 5.64. The Labute approximate surface area is 116 Å². The van der Waals surface area contributed by atoms with Crippen LogP contribution in [0.25, 0.3) is 11.1 Å². The van der Waals surface area contributed by atoms with E-state index in [4.69, 9.17) is 4.42 Å². The van der Waals surface area contributed by atoms with Crippen molar-refractivity contribution in [2.24, 2.45) is 0 Å². The summed E-state index contributed by atoms with van der Waals surface area (Å²) in [5.41, 5.74) is 2.91. The minimum absolute atomic E-state index is 0.732. The number of nitrogens with zero attached hydrogens (tertiary/aromatic N) is 1. The number of rotatable bonds is 5. The first-order valence-electron chi connectivity index (χ1n) is 6.19. The SMILES string of the molecule is c1ccc(NCCSc2nc3ccccc3o2)cc1. The molecule has 2 aromatic carbocycles. The van der Waals surface area contributed by atoms with Gasteiger partial charge < -0.3 is 9.73 Å². The molecular formula is C15H14N2OS. The lowest BCUT2D eigenvalue weighted by molar-refractivity contribution is 0.489. The van der Waals surface area contributed by atoms with Gasteiger partial charge in [0.15, 0.2) is 5.58 Å². The first-order chi connectivity index (χ1) is 9.42. The number of oxazole rings is 1. The normalized spacial score (nSPS) is 10.7. The van der Waals surface area contributed by atoms with E-state index >= 15 is 0 Å². The summed E-state index contributed by atoms with van der Waals surface area (Å²) in [4.78, 5) is 4.43. The van der Waals surface area contributed by atoms with Crippen molar-refractivity contribution in [2.45, 2.75) is 5.22 Å². The third kappa shape index (κ3) is 3.09. The van der Waals surface area contributed by atoms with Crippen molar-refractivity contribution in [1.82, 2.24) is 4.98 Å². The number of nitrogens with one attached hydrogen (secondary N) is 1. The van der Waals surface area contributed by atoms with Crippen LogP contribution in [-0.4, -0.2) is 17.3 Å². The van der Waals surface area contributed by atoms with Crippen molar-refractivity contribution in [3.8, 4) is 0 Å². The number of aromatic nitrogens is 1. The summed E-state index contributed by atoms with van der Waals surface area (Å²) >= 11 is 1.63. The number of thioether (sulfide) groups is 1. The molecule has 96 valence electrons. The molecule has 0 amide bonds. The Morgan fingerprint density at radius 1 is 1.00 bits per heavy atom. The monoisotopic (exact) mass is 270 g/mol. The maximum Gasteiger partial charge on any atom is 0.256 e. The number of fused-ring (bicyclic) bond motifs is 1. The van der Waals surface area contributed by atoms with Gasteiger partial charge in [-0.1, -0.05) is 42.1 Å². The zero-order valence-corrected chi connectivity index (χ0v) is 11.2. The highest BCUT2D eigenvalue weighted by Gasteiger charge is 2.04. The fraction of sp³-hybridized carbons (Fsp3) is 0.133. The Hall–Kier alpha value is -1.94. The summed E-state index contributed by atoms with van der Waals surface area (Å²) in [6, 6.07) is 18.0. The molecule has 19 heavy (non-hydrogen) atoms. The number of anilines is 1. The standard InChI is InChI=1S/C15H14N2OS/c1-2-6-12(7-3-1)16-10-11-19-15-17-13-8-4-5-9-14(13)18-15/h1-9,16H,10-11H2. The molecule has 0 aliphatic heterocycles. The Morgan fingerprint density at radius 2 is 1.79 bits per heavy atom. The van der Waals surface area contributed by atoms with Crippen LogP contribution in [0.4, 0.5) is 5.69 Å². The van der Waals surface area contributed by atoms with Gasteiger partial charge in [0, 0.05) is 18.0 Å². The van der Waals surface area contributed by atoms with E-state index in [0.29, 0.717) is 0 Å². The Bertz CT molecular complexity index is 618. The largest absolute Gasteiger partial charge is 0.431 e. The molecule has 0 unspecified atom stereocenters. The van der Waals surface area contributed by atoms with Crippen molar-refractivity contribution >= 4 is 28.5 Å². The summed E-state index contributed by atoms with van der Waals surface area (Å²) in [6.45, 7) is 0.882. The lowest BCUT2D eigenvalue weighted by Gasteiger charge is -2.03. The minimum Gasteiger partial charge on any atom is -0.431 e. The van der Waals surface area contributed by atoms with E-state index in [1.807, 2.05) is 42.5 Å². The summed E-state index contributed by atoms with van der Waals surface area (Å²) in [5.74, 6) is 0.918. The molecule has 0 spiro atoms. The molecule has 0 aliphatic rings. The second kappa shape index (κ2) is 5.80. The van der Waals surface area contributed by atoms with Crippen LogP contribution in [0, 0.1) is 0 Å². The molecule has 1 aromatic heterocycles. The van der Waals surface area contributed by atoms with E-state index in [-0.39, 0.29) is 0 Å². The minimum atomic E-state index is 0.732. The Morgan fingerprint density at radius 3 is 2.63 bits per heavy atom. The summed E-state index contributed by atoms with van der Waals surface area (Å²) in [5, 5.41) is 4.09. The van der Waals surface area contributed by atoms with Crippen LogP contribution in [-0.2, 0) is 0 Å². The molecule has 0 atom stereocenters. The van der Waals surface area contributed by atoms with Crippen molar-refractivity contribution in [1.29, 1.82) is 0 Å². The van der Waals surface area contributed by atoms with Gasteiger partial charge >= 0.3 is 0 Å². The van der Waals surface area contributed by atoms with Gasteiger partial charge in [0.25, 0.3) is 5.22 Å². The van der Waals surface area contributed by atoms with Gasteiger partial charge in [-0.2, -0.15) is 0 Å². The van der Waals surface area contributed by atoms with Gasteiger partial charge in [0.05, 0.1) is 0 Å². The van der Waals surface area contributed by atoms with E-state index < -0.39 is 0 Å². The van der Waals surface area contributed by atoms with E-state index in [0.717, 1.165) is 34.3 Å². The van der Waals surface area contributed by atoms with Crippen molar-refractivity contribution in [3.63, 3.8) is 0 Å². The summed E-state index contributed by atoms with van der Waals surface area (Å²) in [6.07, 6.45) is 0. The zero-order valence-electron chi connectivity index (χ0n) is 10.4. The highest BCUT2D eigenvalue weighted by atomic mass is 32.2. The molecule has 0 fully saturated rings. The highest BCUT2D eigenvalue weighted by Crippen LogP contribution is 2.22. The number of para-hydroxylation sites is 3. The quantitative estimate of drug-likeness (QED) is 0.561. The molecule has 0 saturated heterocycles. The number of hydrogen-bond donors (Lipinski definition) is 1. The molecule has 0 bridgehead atoms. The topological polar surface area (TPSA) is 38.1 Å². The maximum absolute atomic E-state index is 5.64. The second-order valence-electron chi connectivity index (χ2n) is 4.09. The van der Waals surface area contributed by atoms with Crippen LogP contribution >= 0.6 is 11.8 Å². The average Bonchev–Trinajstić information content (AvgIpc) is 2.87. The van der Waals surface area contributed by atoms with E-state index in [2.05, 4.69) is 22.4 Å². The van der Waals surface area contributed by atoms with Gasteiger partial charge in [0.2, 0.25) is 0 Å². The Balaban J connectivity index is 1.52. The van der Waals surface area contributed by atoms with Crippen LogP contribution in [0.5, 0.6) is 0 Å². The molecular weight excluding hydrogens is 256 g/mol. The average molecular weight is 270 g/mol. The van der Waals surface area contributed by atoms with E-state index in [9.17, 15) is 0 Å². The first kappa shape index (κ1) is 12.1. The molecule has 3 aromatic rings. The Kier molecular flexibility index (Phi) is 3.70. The highest BCUT2D eigenvalue weighted by molar-refractivity contribution is 7.99. The van der Waals surface area contributed by atoms with Gasteiger partial charge in [0.1, 0.15) is 5.52 Å². The fourth-order valence-corrected chi connectivity index (χ4v) is 2.49. The van der Waals surface area contributed by atoms with Crippen molar-refractivity contribution in [2.75, 3.05) is 17.6 Å². The van der Waals surface area contributed by atoms with Crippen molar-refractivity contribution in [3.05, 3.63) is 54.6 Å². The van der Waals surface area contributed by atoms with Gasteiger partial charge in [-0.15, -0.1) is 0 Å². The van der Waals surface area contributed by atoms with Crippen LogP contribution in [0.3, 0.4) is 0 Å². The molecule has 1 N–H and O–H groups in total.